The Kier molecular flexibility index (Phi) is 4.13. The van der Waals surface area contributed by atoms with Crippen molar-refractivity contribution in [2.75, 3.05) is 6.79 Å². The van der Waals surface area contributed by atoms with E-state index >= 15 is 0 Å². The first-order valence-electron chi connectivity index (χ1n) is 7.81. The maximum Gasteiger partial charge on any atom is 0.436 e. The van der Waals surface area contributed by atoms with Crippen LogP contribution in [0.25, 0.3) is 11.5 Å². The Hall–Kier alpha value is -2.56. The molecule has 0 saturated carbocycles. The highest BCUT2D eigenvalue weighted by Crippen LogP contribution is 2.38. The van der Waals surface area contributed by atoms with Gasteiger partial charge in [0.05, 0.1) is 10.2 Å². The fraction of sp³-hybridized carbons (Fsp3) is 0.312. The Bertz CT molecular complexity index is 1010. The first-order chi connectivity index (χ1) is 12.8. The van der Waals surface area contributed by atoms with Gasteiger partial charge in [0.2, 0.25) is 18.6 Å². The number of rotatable bonds is 3. The molecule has 0 amide bonds. The summed E-state index contributed by atoms with van der Waals surface area (Å²) in [5, 5.41) is 11.6. The predicted octanol–water partition coefficient (Wildman–Crippen LogP) is 4.36. The monoisotopic (exact) mass is 444 g/mol. The van der Waals surface area contributed by atoms with Gasteiger partial charge < -0.3 is 13.9 Å². The molecule has 1 atom stereocenters. The summed E-state index contributed by atoms with van der Waals surface area (Å²) in [6.45, 7) is 3.29. The van der Waals surface area contributed by atoms with Crippen LogP contribution in [0, 0.1) is 6.92 Å². The number of nitrogens with zero attached hydrogens (tertiary/aromatic N) is 4. The smallest absolute Gasteiger partial charge is 0.436 e. The molecule has 2 aromatic heterocycles. The lowest BCUT2D eigenvalue weighted by Gasteiger charge is -2.10. The molecule has 1 aromatic carbocycles. The van der Waals surface area contributed by atoms with Gasteiger partial charge in [-0.15, -0.1) is 10.2 Å². The van der Waals surface area contributed by atoms with Gasteiger partial charge in [-0.05, 0) is 48.0 Å². The van der Waals surface area contributed by atoms with Crippen molar-refractivity contribution in [3.8, 4) is 23.0 Å². The van der Waals surface area contributed by atoms with Gasteiger partial charge >= 0.3 is 6.18 Å². The lowest BCUT2D eigenvalue weighted by molar-refractivity contribution is -0.142. The summed E-state index contributed by atoms with van der Waals surface area (Å²) >= 11 is 2.95. The van der Waals surface area contributed by atoms with E-state index in [9.17, 15) is 13.2 Å². The van der Waals surface area contributed by atoms with Crippen molar-refractivity contribution in [3.05, 3.63) is 40.0 Å². The third kappa shape index (κ3) is 3.05. The highest BCUT2D eigenvalue weighted by Gasteiger charge is 2.39. The SMILES string of the molecule is Cc1c(Br)c(C(F)(F)F)nn1C(C)c1nnc(-c2ccc3c(c2)OCO3)o1. The molecule has 1 unspecified atom stereocenters. The molecule has 0 radical (unpaired) electrons. The van der Waals surface area contributed by atoms with E-state index in [1.165, 1.54) is 11.6 Å². The van der Waals surface area contributed by atoms with Crippen molar-refractivity contribution in [1.82, 2.24) is 20.0 Å². The minimum absolute atomic E-state index is 0.114. The van der Waals surface area contributed by atoms with Gasteiger partial charge in [0.1, 0.15) is 6.04 Å². The zero-order chi connectivity index (χ0) is 19.3. The molecular formula is C16H12BrF3N4O3. The zero-order valence-electron chi connectivity index (χ0n) is 14.0. The highest BCUT2D eigenvalue weighted by atomic mass is 79.9. The lowest BCUT2D eigenvalue weighted by atomic mass is 10.2. The molecule has 0 spiro atoms. The number of fused-ring (bicyclic) bond motifs is 1. The maximum atomic E-state index is 13.1. The maximum absolute atomic E-state index is 13.1. The average Bonchev–Trinajstić information content (AvgIpc) is 3.33. The van der Waals surface area contributed by atoms with E-state index in [1.807, 2.05) is 0 Å². The molecule has 0 fully saturated rings. The summed E-state index contributed by atoms with van der Waals surface area (Å²) in [6, 6.07) is 4.46. The summed E-state index contributed by atoms with van der Waals surface area (Å²) in [5.41, 5.74) is -0.0837. The second-order valence-electron chi connectivity index (χ2n) is 5.88. The summed E-state index contributed by atoms with van der Waals surface area (Å²) in [6.07, 6.45) is -4.57. The van der Waals surface area contributed by atoms with Crippen LogP contribution in [-0.2, 0) is 6.18 Å². The van der Waals surface area contributed by atoms with Crippen molar-refractivity contribution in [2.24, 2.45) is 0 Å². The van der Waals surface area contributed by atoms with Gasteiger partial charge in [-0.25, -0.2) is 0 Å². The second-order valence-corrected chi connectivity index (χ2v) is 6.67. The van der Waals surface area contributed by atoms with Crippen LogP contribution in [0.3, 0.4) is 0 Å². The number of hydrogen-bond acceptors (Lipinski definition) is 6. The molecule has 1 aliphatic rings. The third-order valence-corrected chi connectivity index (χ3v) is 5.08. The highest BCUT2D eigenvalue weighted by molar-refractivity contribution is 9.10. The number of aromatic nitrogens is 4. The van der Waals surface area contributed by atoms with E-state index in [0.29, 0.717) is 22.8 Å². The molecule has 0 bridgehead atoms. The number of ether oxygens (including phenoxy) is 2. The standard InChI is InChI=1S/C16H12BrF3N4O3/c1-7-12(17)13(16(18,19)20)23-24(7)8(2)14-21-22-15(27-14)9-3-4-10-11(5-9)26-6-25-10/h3-5,8H,6H2,1-2H3. The van der Waals surface area contributed by atoms with E-state index in [-0.39, 0.29) is 23.0 Å². The molecule has 3 heterocycles. The number of halogens is 4. The molecular weight excluding hydrogens is 433 g/mol. The number of alkyl halides is 3. The largest absolute Gasteiger partial charge is 0.454 e. The van der Waals surface area contributed by atoms with Crippen molar-refractivity contribution in [2.45, 2.75) is 26.1 Å². The summed E-state index contributed by atoms with van der Waals surface area (Å²) in [5.74, 6) is 1.52. The molecule has 3 aromatic rings. The van der Waals surface area contributed by atoms with Crippen LogP contribution < -0.4 is 9.47 Å². The van der Waals surface area contributed by atoms with Crippen LogP contribution in [0.5, 0.6) is 11.5 Å². The van der Waals surface area contributed by atoms with Crippen LogP contribution in [0.15, 0.2) is 27.1 Å². The van der Waals surface area contributed by atoms with Crippen LogP contribution in [0.4, 0.5) is 13.2 Å². The zero-order valence-corrected chi connectivity index (χ0v) is 15.6. The van der Waals surface area contributed by atoms with E-state index < -0.39 is 17.9 Å². The van der Waals surface area contributed by atoms with E-state index in [2.05, 4.69) is 31.2 Å². The molecule has 4 rings (SSSR count). The first kappa shape index (κ1) is 17.8. The Balaban J connectivity index is 1.66. The quantitative estimate of drug-likeness (QED) is 0.597. The number of benzene rings is 1. The van der Waals surface area contributed by atoms with Crippen LogP contribution in [0.1, 0.15) is 30.2 Å². The second kappa shape index (κ2) is 6.25. The third-order valence-electron chi connectivity index (χ3n) is 4.13. The molecule has 27 heavy (non-hydrogen) atoms. The van der Waals surface area contributed by atoms with Crippen molar-refractivity contribution < 1.29 is 27.1 Å². The Morgan fingerprint density at radius 2 is 1.93 bits per heavy atom. The van der Waals surface area contributed by atoms with E-state index in [4.69, 9.17) is 13.9 Å². The predicted molar refractivity (Wildman–Crippen MR) is 89.3 cm³/mol. The Morgan fingerprint density at radius 1 is 1.19 bits per heavy atom. The minimum Gasteiger partial charge on any atom is -0.454 e. The molecule has 142 valence electrons. The van der Waals surface area contributed by atoms with Crippen LogP contribution >= 0.6 is 15.9 Å². The molecule has 11 heteroatoms. The van der Waals surface area contributed by atoms with Crippen molar-refractivity contribution in [1.29, 1.82) is 0 Å². The normalized spacial score (nSPS) is 14.6. The molecule has 1 aliphatic heterocycles. The fourth-order valence-corrected chi connectivity index (χ4v) is 3.20. The van der Waals surface area contributed by atoms with Gasteiger partial charge in [0.15, 0.2) is 17.2 Å². The van der Waals surface area contributed by atoms with Crippen LogP contribution in [0.2, 0.25) is 0 Å². The van der Waals surface area contributed by atoms with Gasteiger partial charge in [-0.2, -0.15) is 18.3 Å². The van der Waals surface area contributed by atoms with Gasteiger partial charge in [-0.3, -0.25) is 4.68 Å². The Labute approximate surface area is 159 Å². The summed E-state index contributed by atoms with van der Waals surface area (Å²) < 4.78 is 56.5. The molecule has 0 saturated heterocycles. The lowest BCUT2D eigenvalue weighted by Crippen LogP contribution is -2.13. The topological polar surface area (TPSA) is 75.2 Å². The molecule has 0 N–H and O–H groups in total. The minimum atomic E-state index is -4.57. The van der Waals surface area contributed by atoms with Gasteiger partial charge in [-0.1, -0.05) is 0 Å². The van der Waals surface area contributed by atoms with Gasteiger partial charge in [0.25, 0.3) is 0 Å². The van der Waals surface area contributed by atoms with E-state index in [0.717, 1.165) is 0 Å². The van der Waals surface area contributed by atoms with Crippen molar-refractivity contribution in [3.63, 3.8) is 0 Å². The number of hydrogen-bond donors (Lipinski definition) is 0. The van der Waals surface area contributed by atoms with Crippen LogP contribution in [-0.4, -0.2) is 26.8 Å². The van der Waals surface area contributed by atoms with Gasteiger partial charge in [0, 0.05) is 5.56 Å². The molecule has 7 nitrogen and oxygen atoms in total. The van der Waals surface area contributed by atoms with Crippen molar-refractivity contribution >= 4 is 15.9 Å². The van der Waals surface area contributed by atoms with E-state index in [1.54, 1.807) is 25.1 Å². The fourth-order valence-electron chi connectivity index (χ4n) is 2.71. The average molecular weight is 445 g/mol. The molecule has 0 aliphatic carbocycles. The summed E-state index contributed by atoms with van der Waals surface area (Å²) in [4.78, 5) is 0. The first-order valence-corrected chi connectivity index (χ1v) is 8.60. The summed E-state index contributed by atoms with van der Waals surface area (Å²) in [7, 11) is 0. The Morgan fingerprint density at radius 3 is 2.63 bits per heavy atom.